The number of primary amides is 1. The molecule has 59 heavy (non-hydrogen) atoms. The second kappa shape index (κ2) is 23.7. The van der Waals surface area contributed by atoms with Crippen LogP contribution in [0.4, 0.5) is 0 Å². The lowest BCUT2D eigenvalue weighted by Crippen LogP contribution is -2.62. The molecular formula is C38H56N10O11. The summed E-state index contributed by atoms with van der Waals surface area (Å²) in [5.74, 6) is -7.88. The monoisotopic (exact) mass is 828 g/mol. The zero-order chi connectivity index (χ0) is 44.4. The Balaban J connectivity index is 2.47. The van der Waals surface area contributed by atoms with E-state index in [0.717, 1.165) is 0 Å². The van der Waals surface area contributed by atoms with Gasteiger partial charge in [0.2, 0.25) is 35.4 Å². The lowest BCUT2D eigenvalue weighted by atomic mass is 9.96. The molecule has 0 unspecified atom stereocenters. The van der Waals surface area contributed by atoms with Crippen LogP contribution in [-0.2, 0) is 46.4 Å². The maximum absolute atomic E-state index is 14.2. The summed E-state index contributed by atoms with van der Waals surface area (Å²) >= 11 is 0. The summed E-state index contributed by atoms with van der Waals surface area (Å²) in [6.07, 6.45) is -1.96. The molecule has 8 atom stereocenters. The Labute approximate surface area is 340 Å². The van der Waals surface area contributed by atoms with Crippen molar-refractivity contribution in [3.05, 3.63) is 59.7 Å². The highest BCUT2D eigenvalue weighted by atomic mass is 16.4. The minimum atomic E-state index is -1.68. The van der Waals surface area contributed by atoms with Gasteiger partial charge < -0.3 is 69.5 Å². The Kier molecular flexibility index (Phi) is 19.5. The zero-order valence-electron chi connectivity index (χ0n) is 33.1. The molecule has 0 aliphatic rings. The SMILES string of the molecule is CC[C@H](C)[C@H](NC(=O)[C@H](Cc1ccc(O)cc1)NC(=O)[C@H](Cc1ccc(O)cc1)NC(=O)[C@@H](NC(=O)[C@@H](N)CC(N)=O)[C@@H](C)O)C(=O)N[C@@H](CCCNC(=N)N)C(=O)O. The molecule has 324 valence electrons. The Bertz CT molecular complexity index is 1780. The van der Waals surface area contributed by atoms with E-state index < -0.39 is 96.1 Å². The van der Waals surface area contributed by atoms with E-state index in [1.807, 2.05) is 0 Å². The number of aliphatic hydroxyl groups excluding tert-OH is 1. The number of rotatable bonds is 24. The van der Waals surface area contributed by atoms with Crippen LogP contribution in [0.15, 0.2) is 48.5 Å². The first-order chi connectivity index (χ1) is 27.7. The van der Waals surface area contributed by atoms with Crippen molar-refractivity contribution in [3.8, 4) is 11.5 Å². The van der Waals surface area contributed by atoms with Gasteiger partial charge in [-0.05, 0) is 61.1 Å². The van der Waals surface area contributed by atoms with Crippen molar-refractivity contribution in [2.24, 2.45) is 23.1 Å². The maximum atomic E-state index is 14.2. The van der Waals surface area contributed by atoms with E-state index in [2.05, 4.69) is 31.9 Å². The topological polar surface area (TPSA) is 374 Å². The quantitative estimate of drug-likeness (QED) is 0.0291. The van der Waals surface area contributed by atoms with Crippen molar-refractivity contribution in [3.63, 3.8) is 0 Å². The fraction of sp³-hybridized carbons (Fsp3) is 0.474. The second-order valence-electron chi connectivity index (χ2n) is 14.1. The number of amides is 6. The van der Waals surface area contributed by atoms with Gasteiger partial charge in [-0.2, -0.15) is 0 Å². The molecule has 2 aromatic rings. The highest BCUT2D eigenvalue weighted by Crippen LogP contribution is 2.16. The van der Waals surface area contributed by atoms with Gasteiger partial charge in [-0.3, -0.25) is 34.2 Å². The Morgan fingerprint density at radius 3 is 1.56 bits per heavy atom. The van der Waals surface area contributed by atoms with E-state index in [9.17, 15) is 54.0 Å². The number of phenols is 2. The van der Waals surface area contributed by atoms with Gasteiger partial charge in [0.25, 0.3) is 0 Å². The van der Waals surface area contributed by atoms with Crippen molar-refractivity contribution in [2.45, 2.75) is 102 Å². The molecule has 0 aromatic heterocycles. The third kappa shape index (κ3) is 16.9. The summed E-state index contributed by atoms with van der Waals surface area (Å²) < 4.78 is 0. The van der Waals surface area contributed by atoms with Gasteiger partial charge in [0.15, 0.2) is 5.96 Å². The molecule has 0 heterocycles. The summed E-state index contributed by atoms with van der Waals surface area (Å²) in [7, 11) is 0. The van der Waals surface area contributed by atoms with Crippen LogP contribution < -0.4 is 49.1 Å². The number of guanidine groups is 1. The van der Waals surface area contributed by atoms with Gasteiger partial charge in [-0.1, -0.05) is 44.5 Å². The molecule has 17 N–H and O–H groups in total. The van der Waals surface area contributed by atoms with Gasteiger partial charge in [-0.25, -0.2) is 4.79 Å². The fourth-order valence-electron chi connectivity index (χ4n) is 5.67. The fourth-order valence-corrected chi connectivity index (χ4v) is 5.67. The van der Waals surface area contributed by atoms with Crippen LogP contribution in [-0.4, -0.2) is 117 Å². The third-order valence-corrected chi connectivity index (χ3v) is 9.23. The first kappa shape index (κ1) is 48.7. The van der Waals surface area contributed by atoms with Gasteiger partial charge in [-0.15, -0.1) is 0 Å². The molecule has 6 amide bonds. The number of carbonyl (C=O) groups is 7. The first-order valence-corrected chi connectivity index (χ1v) is 18.8. The highest BCUT2D eigenvalue weighted by molar-refractivity contribution is 5.97. The molecule has 2 aromatic carbocycles. The number of aromatic hydroxyl groups is 2. The minimum Gasteiger partial charge on any atom is -0.508 e. The van der Waals surface area contributed by atoms with E-state index in [1.165, 1.54) is 55.5 Å². The maximum Gasteiger partial charge on any atom is 0.326 e. The van der Waals surface area contributed by atoms with Crippen molar-refractivity contribution < 1.29 is 54.0 Å². The molecule has 2 rings (SSSR count). The van der Waals surface area contributed by atoms with Gasteiger partial charge in [0, 0.05) is 19.4 Å². The van der Waals surface area contributed by atoms with Crippen LogP contribution in [0.3, 0.4) is 0 Å². The molecular weight excluding hydrogens is 772 g/mol. The van der Waals surface area contributed by atoms with Crippen LogP contribution >= 0.6 is 0 Å². The number of aliphatic hydroxyl groups is 1. The molecule has 0 aliphatic carbocycles. The van der Waals surface area contributed by atoms with Crippen molar-refractivity contribution in [2.75, 3.05) is 6.54 Å². The van der Waals surface area contributed by atoms with Crippen LogP contribution in [0, 0.1) is 11.3 Å². The zero-order valence-corrected chi connectivity index (χ0v) is 33.1. The van der Waals surface area contributed by atoms with E-state index in [-0.39, 0.29) is 49.7 Å². The third-order valence-electron chi connectivity index (χ3n) is 9.23. The molecule has 0 bridgehead atoms. The first-order valence-electron chi connectivity index (χ1n) is 18.8. The molecule has 0 aliphatic heterocycles. The average molecular weight is 829 g/mol. The number of carboxylic acid groups (broad SMARTS) is 1. The van der Waals surface area contributed by atoms with Crippen LogP contribution in [0.5, 0.6) is 11.5 Å². The molecule has 21 heteroatoms. The van der Waals surface area contributed by atoms with Crippen molar-refractivity contribution in [1.29, 1.82) is 5.41 Å². The molecule has 21 nitrogen and oxygen atoms in total. The molecule has 0 fully saturated rings. The average Bonchev–Trinajstić information content (AvgIpc) is 3.16. The predicted octanol–water partition coefficient (Wildman–Crippen LogP) is -2.72. The Morgan fingerprint density at radius 1 is 0.678 bits per heavy atom. The molecule has 0 radical (unpaired) electrons. The number of aliphatic carboxylic acids is 1. The molecule has 0 saturated carbocycles. The summed E-state index contributed by atoms with van der Waals surface area (Å²) in [5.41, 5.74) is 17.0. The number of carbonyl (C=O) groups excluding carboxylic acids is 6. The van der Waals surface area contributed by atoms with Gasteiger partial charge in [0.05, 0.1) is 18.6 Å². The normalized spacial score (nSPS) is 15.0. The smallest absolute Gasteiger partial charge is 0.326 e. The largest absolute Gasteiger partial charge is 0.508 e. The van der Waals surface area contributed by atoms with Crippen LogP contribution in [0.1, 0.15) is 57.6 Å². The van der Waals surface area contributed by atoms with E-state index >= 15 is 0 Å². The Hall–Kier alpha value is -6.48. The number of nitrogens with one attached hydrogen (secondary N) is 7. The minimum absolute atomic E-state index is 0.0318. The highest BCUT2D eigenvalue weighted by Gasteiger charge is 2.35. The standard InChI is InChI=1S/C38H56N10O11/c1-4-19(2)30(35(56)44-26(37(58)59)6-5-15-43-38(41)42)47-34(55)28(17-22-9-13-24(51)14-10-22)45-33(54)27(16-21-7-11-23(50)12-8-21)46-36(57)31(20(3)49)48-32(53)25(39)18-29(40)52/h7-14,19-20,25-28,30-31,49-51H,4-6,15-18,39H2,1-3H3,(H2,40,52)(H,44,56)(H,45,54)(H,46,57)(H,47,55)(H,48,53)(H,58,59)(H4,41,42,43)/t19-,20+,25-,26-,27-,28-,30-,31-/m0/s1. The Morgan fingerprint density at radius 2 is 1.12 bits per heavy atom. The number of benzene rings is 2. The van der Waals surface area contributed by atoms with Crippen molar-refractivity contribution >= 4 is 47.4 Å². The van der Waals surface area contributed by atoms with E-state index in [1.54, 1.807) is 13.8 Å². The second-order valence-corrected chi connectivity index (χ2v) is 14.1. The predicted molar refractivity (Wildman–Crippen MR) is 213 cm³/mol. The summed E-state index contributed by atoms with van der Waals surface area (Å²) in [5, 5.41) is 62.2. The van der Waals surface area contributed by atoms with Crippen LogP contribution in [0.2, 0.25) is 0 Å². The summed E-state index contributed by atoms with van der Waals surface area (Å²) in [6, 6.07) is 2.59. The lowest BCUT2D eigenvalue weighted by molar-refractivity contribution is -0.143. The van der Waals surface area contributed by atoms with Crippen LogP contribution in [0.25, 0.3) is 0 Å². The number of nitrogens with two attached hydrogens (primary N) is 3. The number of phenolic OH excluding ortho intramolecular Hbond substituents is 2. The number of carboxylic acids is 1. The number of hydrogen-bond donors (Lipinski definition) is 14. The van der Waals surface area contributed by atoms with Crippen molar-refractivity contribution in [1.82, 2.24) is 31.9 Å². The van der Waals surface area contributed by atoms with E-state index in [0.29, 0.717) is 17.5 Å². The summed E-state index contributed by atoms with van der Waals surface area (Å²) in [4.78, 5) is 91.5. The van der Waals surface area contributed by atoms with Gasteiger partial charge in [0.1, 0.15) is 41.7 Å². The molecule has 0 spiro atoms. The summed E-state index contributed by atoms with van der Waals surface area (Å²) in [6.45, 7) is 4.77. The number of hydrogen-bond acceptors (Lipinski definition) is 12. The molecule has 0 saturated heterocycles. The van der Waals surface area contributed by atoms with E-state index in [4.69, 9.17) is 22.6 Å². The van der Waals surface area contributed by atoms with Gasteiger partial charge >= 0.3 is 5.97 Å². The lowest BCUT2D eigenvalue weighted by Gasteiger charge is -2.29.